The summed E-state index contributed by atoms with van der Waals surface area (Å²) in [7, 11) is 0. The highest BCUT2D eigenvalue weighted by atomic mass is 16.1. The molecular formula is C20H20O. The highest BCUT2D eigenvalue weighted by Gasteiger charge is 2.50. The van der Waals surface area contributed by atoms with Gasteiger partial charge in [-0.2, -0.15) is 0 Å². The molecule has 0 heterocycles. The molecule has 0 aromatic heterocycles. The van der Waals surface area contributed by atoms with Crippen LogP contribution < -0.4 is 0 Å². The van der Waals surface area contributed by atoms with Crippen molar-refractivity contribution in [3.63, 3.8) is 0 Å². The lowest BCUT2D eigenvalue weighted by atomic mass is 9.79. The average Bonchev–Trinajstić information content (AvgIpc) is 3.28. The quantitative estimate of drug-likeness (QED) is 0.728. The Balaban J connectivity index is 1.60. The molecule has 106 valence electrons. The zero-order valence-corrected chi connectivity index (χ0v) is 12.2. The van der Waals surface area contributed by atoms with Crippen molar-refractivity contribution in [2.75, 3.05) is 0 Å². The molecular weight excluding hydrogens is 256 g/mol. The molecule has 4 rings (SSSR count). The molecule has 0 atom stereocenters. The van der Waals surface area contributed by atoms with Crippen LogP contribution in [0.5, 0.6) is 0 Å². The normalized spacial score (nSPS) is 19.8. The molecule has 2 aliphatic carbocycles. The molecule has 0 N–H and O–H groups in total. The molecule has 1 nitrogen and oxygen atoms in total. The maximum atomic E-state index is 12.9. The number of Topliss-reactive ketones (excluding diaryl/α,β-unsaturated/α-hetero) is 1. The van der Waals surface area contributed by atoms with Gasteiger partial charge in [0, 0.05) is 5.56 Å². The molecule has 0 unspecified atom stereocenters. The van der Waals surface area contributed by atoms with Crippen molar-refractivity contribution in [3.8, 4) is 0 Å². The van der Waals surface area contributed by atoms with Gasteiger partial charge in [0.25, 0.3) is 0 Å². The summed E-state index contributed by atoms with van der Waals surface area (Å²) in [5.74, 6) is 1.03. The Labute approximate surface area is 126 Å². The van der Waals surface area contributed by atoms with Gasteiger partial charge >= 0.3 is 0 Å². The molecule has 2 saturated carbocycles. The second kappa shape index (κ2) is 4.84. The summed E-state index contributed by atoms with van der Waals surface area (Å²) in [5, 5.41) is 0. The predicted octanol–water partition coefficient (Wildman–Crippen LogP) is 4.87. The lowest BCUT2D eigenvalue weighted by molar-refractivity contribution is 0.0946. The number of rotatable bonds is 4. The van der Waals surface area contributed by atoms with Crippen LogP contribution in [-0.2, 0) is 5.41 Å². The standard InChI is InChI=1S/C20H20O/c21-19(20(13-14-20)18-7-2-1-3-8-18)17-11-9-16(10-12-17)15-5-4-6-15/h1-3,7-12,15H,4-6,13-14H2. The fraction of sp³-hybridized carbons (Fsp3) is 0.350. The minimum absolute atomic E-state index is 0.237. The highest BCUT2D eigenvalue weighted by Crippen LogP contribution is 2.50. The van der Waals surface area contributed by atoms with Gasteiger partial charge in [-0.25, -0.2) is 0 Å². The van der Waals surface area contributed by atoms with Crippen LogP contribution in [0.3, 0.4) is 0 Å². The third kappa shape index (κ3) is 2.12. The first kappa shape index (κ1) is 12.8. The Morgan fingerprint density at radius 1 is 0.905 bits per heavy atom. The molecule has 1 heteroatoms. The maximum Gasteiger partial charge on any atom is 0.173 e. The van der Waals surface area contributed by atoms with Crippen LogP contribution in [0, 0.1) is 0 Å². The monoisotopic (exact) mass is 276 g/mol. The lowest BCUT2D eigenvalue weighted by Gasteiger charge is -2.26. The van der Waals surface area contributed by atoms with Crippen molar-refractivity contribution < 1.29 is 4.79 Å². The van der Waals surface area contributed by atoms with E-state index in [0.29, 0.717) is 5.78 Å². The number of hydrogen-bond donors (Lipinski definition) is 0. The van der Waals surface area contributed by atoms with Gasteiger partial charge in [0.15, 0.2) is 5.78 Å². The molecule has 2 fully saturated rings. The highest BCUT2D eigenvalue weighted by molar-refractivity contribution is 6.06. The van der Waals surface area contributed by atoms with Crippen LogP contribution in [0.2, 0.25) is 0 Å². The van der Waals surface area contributed by atoms with Crippen LogP contribution in [0.1, 0.15) is 59.5 Å². The van der Waals surface area contributed by atoms with Gasteiger partial charge in [-0.15, -0.1) is 0 Å². The van der Waals surface area contributed by atoms with Crippen molar-refractivity contribution in [2.45, 2.75) is 43.4 Å². The van der Waals surface area contributed by atoms with Gasteiger partial charge in [-0.3, -0.25) is 4.79 Å². The van der Waals surface area contributed by atoms with Crippen molar-refractivity contribution in [2.24, 2.45) is 0 Å². The molecule has 0 bridgehead atoms. The Morgan fingerprint density at radius 2 is 1.57 bits per heavy atom. The summed E-state index contributed by atoms with van der Waals surface area (Å²) in [6.07, 6.45) is 5.94. The van der Waals surface area contributed by atoms with Gasteiger partial charge in [0.2, 0.25) is 0 Å². The van der Waals surface area contributed by atoms with Crippen LogP contribution in [-0.4, -0.2) is 5.78 Å². The van der Waals surface area contributed by atoms with Gasteiger partial charge in [0.1, 0.15) is 0 Å². The Bertz CT molecular complexity index is 646. The van der Waals surface area contributed by atoms with E-state index in [-0.39, 0.29) is 5.41 Å². The van der Waals surface area contributed by atoms with E-state index in [1.165, 1.54) is 30.4 Å². The SMILES string of the molecule is O=C(c1ccc(C2CCC2)cc1)C1(c2ccccc2)CC1. The minimum Gasteiger partial charge on any atom is -0.293 e. The van der Waals surface area contributed by atoms with E-state index in [1.54, 1.807) is 0 Å². The summed E-state index contributed by atoms with van der Waals surface area (Å²) >= 11 is 0. The number of ketones is 1. The third-order valence-electron chi connectivity index (χ3n) is 5.26. The van der Waals surface area contributed by atoms with Gasteiger partial charge in [0.05, 0.1) is 5.41 Å². The molecule has 0 spiro atoms. The summed E-state index contributed by atoms with van der Waals surface area (Å²) in [4.78, 5) is 12.9. The number of carbonyl (C=O) groups is 1. The molecule has 0 radical (unpaired) electrons. The van der Waals surface area contributed by atoms with E-state index < -0.39 is 0 Å². The molecule has 2 aromatic carbocycles. The molecule has 21 heavy (non-hydrogen) atoms. The molecule has 2 aliphatic rings. The van der Waals surface area contributed by atoms with Gasteiger partial charge < -0.3 is 0 Å². The Hall–Kier alpha value is -1.89. The van der Waals surface area contributed by atoms with Gasteiger partial charge in [-0.05, 0) is 42.7 Å². The Kier molecular flexibility index (Phi) is 2.95. The van der Waals surface area contributed by atoms with Crippen molar-refractivity contribution in [3.05, 3.63) is 71.3 Å². The summed E-state index contributed by atoms with van der Waals surface area (Å²) < 4.78 is 0. The van der Waals surface area contributed by atoms with E-state index in [9.17, 15) is 4.79 Å². The van der Waals surface area contributed by atoms with E-state index in [4.69, 9.17) is 0 Å². The van der Waals surface area contributed by atoms with E-state index >= 15 is 0 Å². The Morgan fingerprint density at radius 3 is 2.10 bits per heavy atom. The lowest BCUT2D eigenvalue weighted by Crippen LogP contribution is -2.20. The smallest absolute Gasteiger partial charge is 0.173 e. The van der Waals surface area contributed by atoms with E-state index in [1.807, 2.05) is 30.3 Å². The minimum atomic E-state index is -0.237. The van der Waals surface area contributed by atoms with Crippen LogP contribution in [0.25, 0.3) is 0 Å². The van der Waals surface area contributed by atoms with Crippen LogP contribution in [0.15, 0.2) is 54.6 Å². The van der Waals surface area contributed by atoms with Gasteiger partial charge in [-0.1, -0.05) is 61.0 Å². The molecule has 0 aliphatic heterocycles. The number of benzene rings is 2. The van der Waals surface area contributed by atoms with E-state index in [2.05, 4.69) is 24.3 Å². The summed E-state index contributed by atoms with van der Waals surface area (Å²) in [6, 6.07) is 18.7. The maximum absolute atomic E-state index is 12.9. The second-order valence-corrected chi connectivity index (χ2v) is 6.53. The third-order valence-corrected chi connectivity index (χ3v) is 5.26. The van der Waals surface area contributed by atoms with Crippen LogP contribution in [0.4, 0.5) is 0 Å². The molecule has 2 aromatic rings. The largest absolute Gasteiger partial charge is 0.293 e. The van der Waals surface area contributed by atoms with Crippen LogP contribution >= 0.6 is 0 Å². The van der Waals surface area contributed by atoms with Crippen molar-refractivity contribution in [1.82, 2.24) is 0 Å². The number of carbonyl (C=O) groups excluding carboxylic acids is 1. The fourth-order valence-electron chi connectivity index (χ4n) is 3.45. The van der Waals surface area contributed by atoms with Crippen molar-refractivity contribution in [1.29, 1.82) is 0 Å². The first-order chi connectivity index (χ1) is 10.3. The predicted molar refractivity (Wildman–Crippen MR) is 84.7 cm³/mol. The molecule has 0 amide bonds. The summed E-state index contributed by atoms with van der Waals surface area (Å²) in [6.45, 7) is 0. The second-order valence-electron chi connectivity index (χ2n) is 6.53. The molecule has 0 saturated heterocycles. The zero-order chi connectivity index (χ0) is 14.3. The zero-order valence-electron chi connectivity index (χ0n) is 12.2. The first-order valence-corrected chi connectivity index (χ1v) is 8.00. The summed E-state index contributed by atoms with van der Waals surface area (Å²) in [5.41, 5.74) is 3.22. The fourth-order valence-corrected chi connectivity index (χ4v) is 3.45. The average molecular weight is 276 g/mol. The topological polar surface area (TPSA) is 17.1 Å². The number of hydrogen-bond acceptors (Lipinski definition) is 1. The first-order valence-electron chi connectivity index (χ1n) is 8.00. The van der Waals surface area contributed by atoms with E-state index in [0.717, 1.165) is 24.3 Å². The van der Waals surface area contributed by atoms with Crippen molar-refractivity contribution >= 4 is 5.78 Å².